The monoisotopic (exact) mass is 170 g/mol. The Morgan fingerprint density at radius 2 is 1.62 bits per heavy atom. The molecule has 0 atom stereocenters. The van der Waals surface area contributed by atoms with E-state index in [0.717, 1.165) is 0 Å². The Kier molecular flexibility index (Phi) is 8.30. The molecule has 1 aromatic rings. The second-order valence-corrected chi connectivity index (χ2v) is 3.30. The van der Waals surface area contributed by atoms with E-state index in [2.05, 4.69) is 37.3 Å². The number of rotatable bonds is 5. The van der Waals surface area contributed by atoms with E-state index in [1.807, 2.05) is 0 Å². The number of unbranched alkanes of at least 4 members (excludes halogenated alkanes) is 3. The second kappa shape index (κ2) is 8.42. The molecule has 0 saturated carbocycles. The summed E-state index contributed by atoms with van der Waals surface area (Å²) in [5, 5.41) is 0. The Hall–Kier alpha value is -0.183. The van der Waals surface area contributed by atoms with E-state index in [0.29, 0.717) is 0 Å². The molecule has 0 aromatic heterocycles. The number of benzene rings is 1. The zero-order chi connectivity index (χ0) is 8.65. The fraction of sp³-hybridized carbons (Fsp3) is 0.500. The van der Waals surface area contributed by atoms with Crippen LogP contribution in [-0.4, -0.2) is 18.9 Å². The average molecular weight is 170 g/mol. The Morgan fingerprint density at radius 1 is 0.923 bits per heavy atom. The van der Waals surface area contributed by atoms with E-state index in [4.69, 9.17) is 0 Å². The van der Waals surface area contributed by atoms with Gasteiger partial charge in [-0.25, -0.2) is 0 Å². The van der Waals surface area contributed by atoms with Crippen molar-refractivity contribution in [2.24, 2.45) is 0 Å². The van der Waals surface area contributed by atoms with Gasteiger partial charge in [0.2, 0.25) is 0 Å². The van der Waals surface area contributed by atoms with Gasteiger partial charge in [0.15, 0.2) is 0 Å². The molecule has 0 aliphatic heterocycles. The molecule has 1 rings (SSSR count). The van der Waals surface area contributed by atoms with E-state index in [-0.39, 0.29) is 18.9 Å². The summed E-state index contributed by atoms with van der Waals surface area (Å²) in [6, 6.07) is 10.7. The van der Waals surface area contributed by atoms with Gasteiger partial charge in [0.05, 0.1) is 0 Å². The van der Waals surface area contributed by atoms with Crippen molar-refractivity contribution in [2.45, 2.75) is 39.0 Å². The second-order valence-electron chi connectivity index (χ2n) is 3.30. The molecule has 0 radical (unpaired) electrons. The molecule has 0 nitrogen and oxygen atoms in total. The van der Waals surface area contributed by atoms with E-state index in [1.165, 1.54) is 37.7 Å². The van der Waals surface area contributed by atoms with Crippen molar-refractivity contribution in [3.05, 3.63) is 35.9 Å². The first-order chi connectivity index (χ1) is 5.93. The van der Waals surface area contributed by atoms with Crippen LogP contribution in [0.5, 0.6) is 0 Å². The first-order valence-corrected chi connectivity index (χ1v) is 4.97. The van der Waals surface area contributed by atoms with Gasteiger partial charge < -0.3 is 0 Å². The van der Waals surface area contributed by atoms with Crippen molar-refractivity contribution < 1.29 is 0 Å². The van der Waals surface area contributed by atoms with Gasteiger partial charge in [-0.05, 0) is 18.4 Å². The standard InChI is InChI=1S/C12H18.Li.H/c1-2-3-4-6-9-12-10-7-5-8-11-12;;/h5,7-8,10-11H,2-4,6,9H2,1H3;;. The van der Waals surface area contributed by atoms with Gasteiger partial charge in [-0.3, -0.25) is 0 Å². The van der Waals surface area contributed by atoms with Gasteiger partial charge in [-0.2, -0.15) is 0 Å². The van der Waals surface area contributed by atoms with Crippen LogP contribution in [0.3, 0.4) is 0 Å². The first kappa shape index (κ1) is 12.8. The van der Waals surface area contributed by atoms with Crippen LogP contribution in [0.2, 0.25) is 0 Å². The molecule has 0 fully saturated rings. The van der Waals surface area contributed by atoms with Crippen LogP contribution in [0, 0.1) is 0 Å². The molecule has 0 saturated heterocycles. The van der Waals surface area contributed by atoms with Crippen molar-refractivity contribution in [1.82, 2.24) is 0 Å². The molecule has 0 aliphatic carbocycles. The van der Waals surface area contributed by atoms with Crippen molar-refractivity contribution in [3.63, 3.8) is 0 Å². The fourth-order valence-electron chi connectivity index (χ4n) is 1.40. The zero-order valence-electron chi connectivity index (χ0n) is 7.92. The predicted octanol–water partition coefficient (Wildman–Crippen LogP) is 3.16. The summed E-state index contributed by atoms with van der Waals surface area (Å²) in [6.45, 7) is 2.25. The molecule has 1 aromatic carbocycles. The third kappa shape index (κ3) is 5.97. The minimum absolute atomic E-state index is 0. The van der Waals surface area contributed by atoms with E-state index in [1.54, 1.807) is 0 Å². The summed E-state index contributed by atoms with van der Waals surface area (Å²) in [5.41, 5.74) is 1.48. The summed E-state index contributed by atoms with van der Waals surface area (Å²) >= 11 is 0. The topological polar surface area (TPSA) is 0 Å². The molecular formula is C12H19Li. The predicted molar refractivity (Wildman–Crippen MR) is 61.4 cm³/mol. The molecule has 0 N–H and O–H groups in total. The van der Waals surface area contributed by atoms with Crippen LogP contribution >= 0.6 is 0 Å². The maximum absolute atomic E-state index is 2.25. The number of hydrogen-bond donors (Lipinski definition) is 0. The molecule has 0 heterocycles. The number of aryl methyl sites for hydroxylation is 1. The van der Waals surface area contributed by atoms with E-state index >= 15 is 0 Å². The fourth-order valence-corrected chi connectivity index (χ4v) is 1.40. The molecule has 68 valence electrons. The van der Waals surface area contributed by atoms with Crippen LogP contribution in [0.25, 0.3) is 0 Å². The molecule has 0 bridgehead atoms. The Labute approximate surface area is 93.9 Å². The van der Waals surface area contributed by atoms with Crippen LogP contribution in [0.1, 0.15) is 38.2 Å². The van der Waals surface area contributed by atoms with E-state index in [9.17, 15) is 0 Å². The third-order valence-corrected chi connectivity index (χ3v) is 2.16. The van der Waals surface area contributed by atoms with Gasteiger partial charge in [0, 0.05) is 0 Å². The molecule has 13 heavy (non-hydrogen) atoms. The quantitative estimate of drug-likeness (QED) is 0.470. The van der Waals surface area contributed by atoms with Crippen LogP contribution in [0.15, 0.2) is 30.3 Å². The minimum atomic E-state index is 0. The van der Waals surface area contributed by atoms with Crippen LogP contribution in [0.4, 0.5) is 0 Å². The Bertz CT molecular complexity index is 194. The normalized spacial score (nSPS) is 9.31. The first-order valence-electron chi connectivity index (χ1n) is 4.97. The third-order valence-electron chi connectivity index (χ3n) is 2.16. The van der Waals surface area contributed by atoms with Gasteiger partial charge in [-0.1, -0.05) is 56.5 Å². The van der Waals surface area contributed by atoms with Crippen molar-refractivity contribution in [3.8, 4) is 0 Å². The summed E-state index contributed by atoms with van der Waals surface area (Å²) in [6.07, 6.45) is 6.69. The van der Waals surface area contributed by atoms with Gasteiger partial charge >= 0.3 is 18.9 Å². The zero-order valence-corrected chi connectivity index (χ0v) is 7.92. The van der Waals surface area contributed by atoms with Gasteiger partial charge in [0.25, 0.3) is 0 Å². The van der Waals surface area contributed by atoms with Crippen molar-refractivity contribution >= 4 is 18.9 Å². The molecule has 0 aliphatic rings. The summed E-state index contributed by atoms with van der Waals surface area (Å²) in [5.74, 6) is 0. The Balaban J connectivity index is 0.00000144. The van der Waals surface area contributed by atoms with E-state index < -0.39 is 0 Å². The molecule has 1 heteroatoms. The number of hydrogen-bond acceptors (Lipinski definition) is 0. The SMILES string of the molecule is CCCCCCc1ccccc1.[LiH]. The van der Waals surface area contributed by atoms with Gasteiger partial charge in [0.1, 0.15) is 0 Å². The van der Waals surface area contributed by atoms with Crippen molar-refractivity contribution in [2.75, 3.05) is 0 Å². The summed E-state index contributed by atoms with van der Waals surface area (Å²) in [4.78, 5) is 0. The maximum atomic E-state index is 2.25. The Morgan fingerprint density at radius 3 is 2.23 bits per heavy atom. The van der Waals surface area contributed by atoms with Crippen molar-refractivity contribution in [1.29, 1.82) is 0 Å². The molecule has 0 unspecified atom stereocenters. The van der Waals surface area contributed by atoms with Gasteiger partial charge in [-0.15, -0.1) is 0 Å². The molecular weight excluding hydrogens is 151 g/mol. The summed E-state index contributed by atoms with van der Waals surface area (Å²) in [7, 11) is 0. The van der Waals surface area contributed by atoms with Crippen LogP contribution < -0.4 is 0 Å². The molecule has 0 spiro atoms. The average Bonchev–Trinajstić information content (AvgIpc) is 2.14. The van der Waals surface area contributed by atoms with Crippen LogP contribution in [-0.2, 0) is 6.42 Å². The molecule has 0 amide bonds. The summed E-state index contributed by atoms with van der Waals surface area (Å²) < 4.78 is 0.